The molecular weight excluding hydrogens is 230 g/mol. The molecule has 1 aromatic carbocycles. The van der Waals surface area contributed by atoms with Crippen LogP contribution in [0.3, 0.4) is 0 Å². The minimum Gasteiger partial charge on any atom is -0.491 e. The average Bonchev–Trinajstić information content (AvgIpc) is 2.78. The zero-order chi connectivity index (χ0) is 13.0. The predicted molar refractivity (Wildman–Crippen MR) is 68.3 cm³/mol. The Labute approximate surface area is 106 Å². The first kappa shape index (κ1) is 12.5. The molecule has 1 N–H and O–H groups in total. The maximum Gasteiger partial charge on any atom is 0.228 e. The summed E-state index contributed by atoms with van der Waals surface area (Å²) in [7, 11) is 0. The summed E-state index contributed by atoms with van der Waals surface area (Å²) < 4.78 is 5.26. The third-order valence-corrected chi connectivity index (χ3v) is 2.87. The van der Waals surface area contributed by atoms with Crippen molar-refractivity contribution in [3.05, 3.63) is 24.3 Å². The minimum atomic E-state index is -0.0176. The van der Waals surface area contributed by atoms with Gasteiger partial charge in [0.2, 0.25) is 5.91 Å². The molecular formula is C14H15NO3. The van der Waals surface area contributed by atoms with E-state index < -0.39 is 0 Å². The standard InChI is InChI=1S/C14H15NO3/c1-2-11-9-14(17)15(10-11)12-3-5-13(6-4-12)18-8-7-16/h1,3-6,11,16H,7-10H2. The van der Waals surface area contributed by atoms with Gasteiger partial charge in [-0.25, -0.2) is 0 Å². The lowest BCUT2D eigenvalue weighted by Gasteiger charge is -2.16. The zero-order valence-corrected chi connectivity index (χ0v) is 10.0. The van der Waals surface area contributed by atoms with E-state index in [1.165, 1.54) is 0 Å². The van der Waals surface area contributed by atoms with E-state index in [9.17, 15) is 4.79 Å². The number of carbonyl (C=O) groups is 1. The van der Waals surface area contributed by atoms with Crippen molar-refractivity contribution in [2.75, 3.05) is 24.7 Å². The van der Waals surface area contributed by atoms with Crippen molar-refractivity contribution in [1.82, 2.24) is 0 Å². The monoisotopic (exact) mass is 245 g/mol. The van der Waals surface area contributed by atoms with E-state index in [-0.39, 0.29) is 25.0 Å². The summed E-state index contributed by atoms with van der Waals surface area (Å²) in [5, 5.41) is 8.65. The van der Waals surface area contributed by atoms with Gasteiger partial charge in [0.25, 0.3) is 0 Å². The lowest BCUT2D eigenvalue weighted by atomic mass is 10.1. The van der Waals surface area contributed by atoms with Gasteiger partial charge in [-0.3, -0.25) is 4.79 Å². The molecule has 0 aliphatic carbocycles. The van der Waals surface area contributed by atoms with Crippen LogP contribution in [0.2, 0.25) is 0 Å². The Hall–Kier alpha value is -1.99. The number of aliphatic hydroxyl groups is 1. The normalized spacial score (nSPS) is 18.8. The van der Waals surface area contributed by atoms with Gasteiger partial charge >= 0.3 is 0 Å². The van der Waals surface area contributed by atoms with Crippen LogP contribution in [0.5, 0.6) is 5.75 Å². The molecule has 0 spiro atoms. The Kier molecular flexibility index (Phi) is 3.85. The highest BCUT2D eigenvalue weighted by molar-refractivity contribution is 5.96. The van der Waals surface area contributed by atoms with Crippen LogP contribution in [-0.4, -0.2) is 30.8 Å². The summed E-state index contributed by atoms with van der Waals surface area (Å²) in [6.45, 7) is 0.823. The van der Waals surface area contributed by atoms with Crippen molar-refractivity contribution >= 4 is 11.6 Å². The van der Waals surface area contributed by atoms with Crippen LogP contribution >= 0.6 is 0 Å². The Morgan fingerprint density at radius 2 is 2.17 bits per heavy atom. The van der Waals surface area contributed by atoms with Gasteiger partial charge in [0.1, 0.15) is 12.4 Å². The molecule has 4 nitrogen and oxygen atoms in total. The highest BCUT2D eigenvalue weighted by atomic mass is 16.5. The summed E-state index contributed by atoms with van der Waals surface area (Å²) in [6, 6.07) is 7.20. The fourth-order valence-electron chi connectivity index (χ4n) is 1.95. The Balaban J connectivity index is 2.06. The molecule has 1 aliphatic rings. The lowest BCUT2D eigenvalue weighted by molar-refractivity contribution is -0.117. The highest BCUT2D eigenvalue weighted by Gasteiger charge is 2.29. The number of terminal acetylenes is 1. The molecule has 1 aromatic rings. The van der Waals surface area contributed by atoms with E-state index in [0.29, 0.717) is 18.7 Å². The summed E-state index contributed by atoms with van der Waals surface area (Å²) in [4.78, 5) is 13.5. The van der Waals surface area contributed by atoms with E-state index in [1.54, 1.807) is 17.0 Å². The molecule has 0 bridgehead atoms. The van der Waals surface area contributed by atoms with Crippen LogP contribution in [0.15, 0.2) is 24.3 Å². The van der Waals surface area contributed by atoms with Crippen LogP contribution in [0.25, 0.3) is 0 Å². The second kappa shape index (κ2) is 5.56. The molecule has 0 saturated carbocycles. The largest absolute Gasteiger partial charge is 0.491 e. The van der Waals surface area contributed by atoms with E-state index in [4.69, 9.17) is 16.3 Å². The fraction of sp³-hybridized carbons (Fsp3) is 0.357. The number of amides is 1. The number of aliphatic hydroxyl groups excluding tert-OH is 1. The lowest BCUT2D eigenvalue weighted by Crippen LogP contribution is -2.24. The fourth-order valence-corrected chi connectivity index (χ4v) is 1.95. The molecule has 1 heterocycles. The SMILES string of the molecule is C#CC1CC(=O)N(c2ccc(OCCO)cc2)C1. The van der Waals surface area contributed by atoms with Crippen LogP contribution in [0.1, 0.15) is 6.42 Å². The molecule has 1 fully saturated rings. The third kappa shape index (κ3) is 2.63. The van der Waals surface area contributed by atoms with Crippen molar-refractivity contribution in [3.63, 3.8) is 0 Å². The average molecular weight is 245 g/mol. The van der Waals surface area contributed by atoms with E-state index in [1.807, 2.05) is 12.1 Å². The maximum absolute atomic E-state index is 11.8. The Morgan fingerprint density at radius 1 is 1.44 bits per heavy atom. The number of ether oxygens (including phenoxy) is 1. The van der Waals surface area contributed by atoms with Crippen molar-refractivity contribution in [2.24, 2.45) is 5.92 Å². The van der Waals surface area contributed by atoms with Gasteiger partial charge in [-0.05, 0) is 24.3 Å². The van der Waals surface area contributed by atoms with E-state index in [2.05, 4.69) is 5.92 Å². The number of rotatable bonds is 4. The molecule has 18 heavy (non-hydrogen) atoms. The Morgan fingerprint density at radius 3 is 2.72 bits per heavy atom. The molecule has 0 radical (unpaired) electrons. The number of anilines is 1. The number of hydrogen-bond donors (Lipinski definition) is 1. The van der Waals surface area contributed by atoms with Crippen LogP contribution < -0.4 is 9.64 Å². The maximum atomic E-state index is 11.8. The summed E-state index contributed by atoms with van der Waals surface area (Å²) >= 11 is 0. The second-order valence-electron chi connectivity index (χ2n) is 4.14. The zero-order valence-electron chi connectivity index (χ0n) is 10.0. The topological polar surface area (TPSA) is 49.8 Å². The van der Waals surface area contributed by atoms with Crippen molar-refractivity contribution in [1.29, 1.82) is 0 Å². The summed E-state index contributed by atoms with van der Waals surface area (Å²) in [5.74, 6) is 3.35. The number of nitrogens with zero attached hydrogens (tertiary/aromatic N) is 1. The Bertz CT molecular complexity index is 461. The second-order valence-corrected chi connectivity index (χ2v) is 4.14. The molecule has 1 aliphatic heterocycles. The van der Waals surface area contributed by atoms with Crippen LogP contribution in [0, 0.1) is 18.3 Å². The van der Waals surface area contributed by atoms with Gasteiger partial charge in [0.15, 0.2) is 0 Å². The van der Waals surface area contributed by atoms with E-state index in [0.717, 1.165) is 5.69 Å². The van der Waals surface area contributed by atoms with Gasteiger partial charge < -0.3 is 14.7 Å². The molecule has 1 unspecified atom stereocenters. The van der Waals surface area contributed by atoms with E-state index >= 15 is 0 Å². The molecule has 94 valence electrons. The van der Waals surface area contributed by atoms with Crippen molar-refractivity contribution < 1.29 is 14.6 Å². The molecule has 0 aromatic heterocycles. The molecule has 1 atom stereocenters. The molecule has 2 rings (SSSR count). The van der Waals surface area contributed by atoms with Gasteiger partial charge in [-0.15, -0.1) is 12.3 Å². The van der Waals surface area contributed by atoms with Gasteiger partial charge in [-0.2, -0.15) is 0 Å². The van der Waals surface area contributed by atoms with Crippen LogP contribution in [0.4, 0.5) is 5.69 Å². The summed E-state index contributed by atoms with van der Waals surface area (Å²) in [5.41, 5.74) is 0.828. The van der Waals surface area contributed by atoms with Gasteiger partial charge in [-0.1, -0.05) is 0 Å². The minimum absolute atomic E-state index is 0.00261. The third-order valence-electron chi connectivity index (χ3n) is 2.87. The first-order valence-electron chi connectivity index (χ1n) is 5.85. The number of benzene rings is 1. The quantitative estimate of drug-likeness (QED) is 0.806. The molecule has 4 heteroatoms. The van der Waals surface area contributed by atoms with Crippen molar-refractivity contribution in [3.8, 4) is 18.1 Å². The smallest absolute Gasteiger partial charge is 0.228 e. The predicted octanol–water partition coefficient (Wildman–Crippen LogP) is 1.04. The van der Waals surface area contributed by atoms with Crippen molar-refractivity contribution in [2.45, 2.75) is 6.42 Å². The van der Waals surface area contributed by atoms with Crippen LogP contribution in [-0.2, 0) is 4.79 Å². The molecule has 1 saturated heterocycles. The first-order chi connectivity index (χ1) is 8.74. The highest BCUT2D eigenvalue weighted by Crippen LogP contribution is 2.26. The van der Waals surface area contributed by atoms with Gasteiger partial charge in [0.05, 0.1) is 6.61 Å². The summed E-state index contributed by atoms with van der Waals surface area (Å²) in [6.07, 6.45) is 5.76. The first-order valence-corrected chi connectivity index (χ1v) is 5.85. The number of hydrogen-bond acceptors (Lipinski definition) is 3. The molecule has 1 amide bonds. The number of carbonyl (C=O) groups excluding carboxylic acids is 1. The van der Waals surface area contributed by atoms with Gasteiger partial charge in [0, 0.05) is 24.6 Å².